The van der Waals surface area contributed by atoms with E-state index in [0.717, 1.165) is 0 Å². The van der Waals surface area contributed by atoms with Gasteiger partial charge < -0.3 is 15.0 Å². The minimum Gasteiger partial charge on any atom is -0.450 e. The lowest BCUT2D eigenvalue weighted by Crippen LogP contribution is -2.48. The molecule has 2 rings (SSSR count). The van der Waals surface area contributed by atoms with Gasteiger partial charge in [-0.25, -0.2) is 13.2 Å². The number of carbonyl (C=O) groups excluding carboxylic acids is 2. The predicted molar refractivity (Wildman–Crippen MR) is 81.1 cm³/mol. The minimum absolute atomic E-state index is 0.0514. The van der Waals surface area contributed by atoms with Crippen molar-refractivity contribution >= 4 is 21.8 Å². The number of carbonyl (C=O) groups is 2. The molecule has 2 aliphatic rings. The molecule has 2 heterocycles. The lowest BCUT2D eigenvalue weighted by atomic mass is 9.99. The van der Waals surface area contributed by atoms with E-state index >= 15 is 0 Å². The zero-order valence-electron chi connectivity index (χ0n) is 12.9. The first-order chi connectivity index (χ1) is 10.4. The quantitative estimate of drug-likeness (QED) is 0.814. The van der Waals surface area contributed by atoms with Crippen molar-refractivity contribution in [3.05, 3.63) is 0 Å². The first-order valence-electron chi connectivity index (χ1n) is 7.84. The van der Waals surface area contributed by atoms with Crippen molar-refractivity contribution in [2.24, 2.45) is 5.92 Å². The Labute approximate surface area is 131 Å². The number of hydrogen-bond donors (Lipinski definition) is 1. The molecule has 0 aromatic heterocycles. The van der Waals surface area contributed by atoms with E-state index in [1.807, 2.05) is 0 Å². The molecular weight excluding hydrogens is 308 g/mol. The molecule has 0 unspecified atom stereocenters. The van der Waals surface area contributed by atoms with Crippen LogP contribution in [0.4, 0.5) is 4.79 Å². The van der Waals surface area contributed by atoms with E-state index in [0.29, 0.717) is 45.4 Å². The molecule has 2 amide bonds. The topological polar surface area (TPSA) is 92.8 Å². The van der Waals surface area contributed by atoms with Gasteiger partial charge in [-0.15, -0.1) is 0 Å². The number of rotatable bonds is 3. The molecule has 2 aliphatic heterocycles. The summed E-state index contributed by atoms with van der Waals surface area (Å²) in [5.74, 6) is -0.0465. The van der Waals surface area contributed by atoms with Gasteiger partial charge in [0.2, 0.25) is 5.91 Å². The molecular formula is C14H24N2O5S. The zero-order valence-corrected chi connectivity index (χ0v) is 13.7. The van der Waals surface area contributed by atoms with Gasteiger partial charge in [-0.2, -0.15) is 0 Å². The smallest absolute Gasteiger partial charge is 0.409 e. The van der Waals surface area contributed by atoms with Crippen LogP contribution in [-0.2, 0) is 19.4 Å². The summed E-state index contributed by atoms with van der Waals surface area (Å²) in [4.78, 5) is 25.4. The first kappa shape index (κ1) is 17.1. The SMILES string of the molecule is CCOC(=O)N1CCC(NC(=O)C2CCS(=O)(=O)CC2)CC1. The van der Waals surface area contributed by atoms with Crippen LogP contribution in [0.15, 0.2) is 0 Å². The summed E-state index contributed by atoms with van der Waals surface area (Å²) in [6, 6.07) is 0.0525. The fourth-order valence-corrected chi connectivity index (χ4v) is 4.38. The molecule has 0 bridgehead atoms. The second-order valence-corrected chi connectivity index (χ2v) is 8.20. The van der Waals surface area contributed by atoms with Gasteiger partial charge in [0.15, 0.2) is 0 Å². The molecule has 2 saturated heterocycles. The van der Waals surface area contributed by atoms with Crippen molar-refractivity contribution in [1.29, 1.82) is 0 Å². The predicted octanol–water partition coefficient (Wildman–Crippen LogP) is 0.548. The van der Waals surface area contributed by atoms with Crippen LogP contribution in [0.1, 0.15) is 32.6 Å². The van der Waals surface area contributed by atoms with Crippen molar-refractivity contribution in [3.63, 3.8) is 0 Å². The minimum atomic E-state index is -2.94. The van der Waals surface area contributed by atoms with Crippen LogP contribution in [-0.4, -0.2) is 62.6 Å². The Hall–Kier alpha value is -1.31. The molecule has 8 heteroatoms. The molecule has 2 fully saturated rings. The maximum Gasteiger partial charge on any atom is 0.409 e. The second-order valence-electron chi connectivity index (χ2n) is 5.89. The summed E-state index contributed by atoms with van der Waals surface area (Å²) in [5.41, 5.74) is 0. The Kier molecular flexibility index (Phi) is 5.66. The number of sulfone groups is 1. The van der Waals surface area contributed by atoms with Gasteiger partial charge in [0.25, 0.3) is 0 Å². The molecule has 0 saturated carbocycles. The number of likely N-dealkylation sites (tertiary alicyclic amines) is 1. The molecule has 0 atom stereocenters. The van der Waals surface area contributed by atoms with Crippen molar-refractivity contribution in [2.45, 2.75) is 38.6 Å². The maximum atomic E-state index is 12.2. The standard InChI is InChI=1S/C14H24N2O5S/c1-2-21-14(18)16-7-3-12(4-8-16)15-13(17)11-5-9-22(19,20)10-6-11/h11-12H,2-10H2,1H3,(H,15,17). The van der Waals surface area contributed by atoms with Crippen LogP contribution < -0.4 is 5.32 Å². The average Bonchev–Trinajstić information content (AvgIpc) is 2.48. The summed E-state index contributed by atoms with van der Waals surface area (Å²) in [6.07, 6.45) is 1.93. The Morgan fingerprint density at radius 1 is 1.14 bits per heavy atom. The van der Waals surface area contributed by atoms with Crippen LogP contribution in [0.5, 0.6) is 0 Å². The Morgan fingerprint density at radius 2 is 1.73 bits per heavy atom. The highest BCUT2D eigenvalue weighted by Gasteiger charge is 2.31. The van der Waals surface area contributed by atoms with Gasteiger partial charge in [-0.05, 0) is 32.6 Å². The summed E-state index contributed by atoms with van der Waals surface area (Å²) >= 11 is 0. The summed E-state index contributed by atoms with van der Waals surface area (Å²) in [5, 5.41) is 2.99. The van der Waals surface area contributed by atoms with Gasteiger partial charge in [-0.1, -0.05) is 0 Å². The van der Waals surface area contributed by atoms with E-state index in [-0.39, 0.29) is 35.5 Å². The highest BCUT2D eigenvalue weighted by molar-refractivity contribution is 7.91. The van der Waals surface area contributed by atoms with Gasteiger partial charge in [-0.3, -0.25) is 4.79 Å². The summed E-state index contributed by atoms with van der Waals surface area (Å²) in [7, 11) is -2.94. The van der Waals surface area contributed by atoms with Gasteiger partial charge in [0.1, 0.15) is 9.84 Å². The monoisotopic (exact) mass is 332 g/mol. The Bertz CT molecular complexity index is 497. The normalized spacial score (nSPS) is 23.0. The third-order valence-electron chi connectivity index (χ3n) is 4.29. The Balaban J connectivity index is 1.74. The molecule has 1 N–H and O–H groups in total. The van der Waals surface area contributed by atoms with Crippen LogP contribution in [0.25, 0.3) is 0 Å². The van der Waals surface area contributed by atoms with Crippen molar-refractivity contribution in [3.8, 4) is 0 Å². The molecule has 0 aliphatic carbocycles. The van der Waals surface area contributed by atoms with E-state index < -0.39 is 9.84 Å². The number of hydrogen-bond acceptors (Lipinski definition) is 5. The maximum absolute atomic E-state index is 12.2. The van der Waals surface area contributed by atoms with Crippen LogP contribution >= 0.6 is 0 Å². The molecule has 0 radical (unpaired) electrons. The highest BCUT2D eigenvalue weighted by atomic mass is 32.2. The molecule has 126 valence electrons. The Morgan fingerprint density at radius 3 is 2.27 bits per heavy atom. The number of piperidine rings is 1. The van der Waals surface area contributed by atoms with E-state index in [1.165, 1.54) is 0 Å². The molecule has 0 aromatic rings. The lowest BCUT2D eigenvalue weighted by molar-refractivity contribution is -0.126. The zero-order chi connectivity index (χ0) is 16.2. The molecule has 7 nitrogen and oxygen atoms in total. The largest absolute Gasteiger partial charge is 0.450 e. The summed E-state index contributed by atoms with van der Waals surface area (Å²) in [6.45, 7) is 3.28. The fraction of sp³-hybridized carbons (Fsp3) is 0.857. The number of nitrogens with one attached hydrogen (secondary N) is 1. The van der Waals surface area contributed by atoms with E-state index in [2.05, 4.69) is 5.32 Å². The van der Waals surface area contributed by atoms with Gasteiger partial charge in [0.05, 0.1) is 18.1 Å². The van der Waals surface area contributed by atoms with Gasteiger partial charge >= 0.3 is 6.09 Å². The third-order valence-corrected chi connectivity index (χ3v) is 6.01. The summed E-state index contributed by atoms with van der Waals surface area (Å²) < 4.78 is 27.7. The second kappa shape index (κ2) is 7.30. The third kappa shape index (κ3) is 4.59. The lowest BCUT2D eigenvalue weighted by Gasteiger charge is -2.32. The first-order valence-corrected chi connectivity index (χ1v) is 9.66. The number of amides is 2. The van der Waals surface area contributed by atoms with Crippen LogP contribution in [0, 0.1) is 5.92 Å². The fourth-order valence-electron chi connectivity index (χ4n) is 2.89. The molecule has 0 spiro atoms. The van der Waals surface area contributed by atoms with Crippen LogP contribution in [0.2, 0.25) is 0 Å². The molecule has 0 aromatic carbocycles. The number of nitrogens with zero attached hydrogens (tertiary/aromatic N) is 1. The number of ether oxygens (including phenoxy) is 1. The van der Waals surface area contributed by atoms with Gasteiger partial charge in [0, 0.05) is 25.0 Å². The van der Waals surface area contributed by atoms with Crippen molar-refractivity contribution in [1.82, 2.24) is 10.2 Å². The average molecular weight is 332 g/mol. The van der Waals surface area contributed by atoms with E-state index in [1.54, 1.807) is 11.8 Å². The van der Waals surface area contributed by atoms with E-state index in [9.17, 15) is 18.0 Å². The van der Waals surface area contributed by atoms with Crippen LogP contribution in [0.3, 0.4) is 0 Å². The highest BCUT2D eigenvalue weighted by Crippen LogP contribution is 2.20. The van der Waals surface area contributed by atoms with E-state index in [4.69, 9.17) is 4.74 Å². The van der Waals surface area contributed by atoms with Crippen molar-refractivity contribution < 1.29 is 22.7 Å². The molecule has 22 heavy (non-hydrogen) atoms. The van der Waals surface area contributed by atoms with Crippen molar-refractivity contribution in [2.75, 3.05) is 31.2 Å².